The van der Waals surface area contributed by atoms with Gasteiger partial charge < -0.3 is 19.7 Å². The van der Waals surface area contributed by atoms with Crippen LogP contribution < -0.4 is 19.7 Å². The molecule has 1 aliphatic rings. The zero-order chi connectivity index (χ0) is 17.1. The number of carbonyl (C=O) groups excluding carboxylic acids is 1. The number of ether oxygens (including phenoxy) is 2. The summed E-state index contributed by atoms with van der Waals surface area (Å²) in [5.41, 5.74) is 0.945. The third kappa shape index (κ3) is 3.27. The third-order valence-corrected chi connectivity index (χ3v) is 3.84. The molecule has 1 aromatic heterocycles. The molecule has 0 unspecified atom stereocenters. The molecule has 0 aliphatic carbocycles. The molecule has 6 heteroatoms. The topological polar surface area (TPSA) is 63.7 Å². The van der Waals surface area contributed by atoms with Gasteiger partial charge in [0.25, 0.3) is 5.91 Å². The van der Waals surface area contributed by atoms with Crippen molar-refractivity contribution in [2.45, 2.75) is 25.7 Å². The number of anilines is 1. The van der Waals surface area contributed by atoms with Gasteiger partial charge in [0.2, 0.25) is 6.10 Å². The average Bonchev–Trinajstić information content (AvgIpc) is 2.59. The fraction of sp³-hybridized carbons (Fsp3) is 0.333. The maximum Gasteiger partial charge on any atom is 0.265 e. The molecule has 24 heavy (non-hydrogen) atoms. The van der Waals surface area contributed by atoms with E-state index in [1.807, 2.05) is 56.3 Å². The van der Waals surface area contributed by atoms with E-state index >= 15 is 0 Å². The van der Waals surface area contributed by atoms with E-state index in [4.69, 9.17) is 9.47 Å². The average molecular weight is 327 g/mol. The highest BCUT2D eigenvalue weighted by atomic mass is 16.6. The Morgan fingerprint density at radius 3 is 2.58 bits per heavy atom. The summed E-state index contributed by atoms with van der Waals surface area (Å²) in [5.74, 6) is 1.88. The van der Waals surface area contributed by atoms with Gasteiger partial charge in [-0.3, -0.25) is 4.79 Å². The predicted octanol–water partition coefficient (Wildman–Crippen LogP) is 1.99. The first kappa shape index (κ1) is 16.1. The number of carbonyl (C=O) groups is 1. The molecule has 0 fully saturated rings. The van der Waals surface area contributed by atoms with Crippen molar-refractivity contribution in [1.82, 2.24) is 10.3 Å². The monoisotopic (exact) mass is 327 g/mol. The Hall–Kier alpha value is -2.76. The largest absolute Gasteiger partial charge is 0.482 e. The fourth-order valence-corrected chi connectivity index (χ4v) is 2.66. The van der Waals surface area contributed by atoms with E-state index in [9.17, 15) is 4.79 Å². The molecule has 0 saturated heterocycles. The lowest BCUT2D eigenvalue weighted by atomic mass is 10.1. The smallest absolute Gasteiger partial charge is 0.265 e. The van der Waals surface area contributed by atoms with Crippen LogP contribution in [0, 0.1) is 0 Å². The van der Waals surface area contributed by atoms with Crippen molar-refractivity contribution in [3.05, 3.63) is 48.2 Å². The normalized spacial score (nSPS) is 18.8. The Morgan fingerprint density at radius 2 is 1.88 bits per heavy atom. The van der Waals surface area contributed by atoms with Crippen LogP contribution in [0.2, 0.25) is 0 Å². The number of para-hydroxylation sites is 2. The Bertz CT molecular complexity index is 733. The molecular formula is C18H21N3O3. The molecule has 2 atom stereocenters. The number of rotatable bonds is 4. The molecule has 1 aromatic carbocycles. The van der Waals surface area contributed by atoms with E-state index in [0.29, 0.717) is 18.0 Å². The van der Waals surface area contributed by atoms with Gasteiger partial charge in [-0.2, -0.15) is 0 Å². The third-order valence-electron chi connectivity index (χ3n) is 3.84. The predicted molar refractivity (Wildman–Crippen MR) is 91.4 cm³/mol. The van der Waals surface area contributed by atoms with Crippen LogP contribution in [0.1, 0.15) is 12.5 Å². The van der Waals surface area contributed by atoms with E-state index in [2.05, 4.69) is 10.3 Å². The summed E-state index contributed by atoms with van der Waals surface area (Å²) in [6.45, 7) is 2.21. The number of aromatic nitrogens is 1. The number of hydrogen-bond acceptors (Lipinski definition) is 5. The van der Waals surface area contributed by atoms with E-state index < -0.39 is 6.10 Å². The van der Waals surface area contributed by atoms with Crippen molar-refractivity contribution in [2.24, 2.45) is 0 Å². The summed E-state index contributed by atoms with van der Waals surface area (Å²) in [6, 6.07) is 11.2. The molecule has 6 nitrogen and oxygen atoms in total. The first-order chi connectivity index (χ1) is 11.6. The SMILES string of the molecule is C[C@H]1Oc2ccccc2O[C@@H]1C(=O)NCc1cccnc1N(C)C. The Balaban J connectivity index is 1.68. The molecule has 1 amide bonds. The molecule has 2 aromatic rings. The molecule has 0 saturated carbocycles. The molecule has 1 N–H and O–H groups in total. The second kappa shape index (κ2) is 6.78. The first-order valence-electron chi connectivity index (χ1n) is 7.87. The van der Waals surface area contributed by atoms with Gasteiger partial charge in [0.05, 0.1) is 0 Å². The maximum atomic E-state index is 12.5. The van der Waals surface area contributed by atoms with Crippen molar-refractivity contribution in [3.63, 3.8) is 0 Å². The van der Waals surface area contributed by atoms with Crippen LogP contribution in [0.4, 0.5) is 5.82 Å². The van der Waals surface area contributed by atoms with Crippen LogP contribution in [-0.4, -0.2) is 37.2 Å². The lowest BCUT2D eigenvalue weighted by Gasteiger charge is -2.31. The van der Waals surface area contributed by atoms with Crippen molar-refractivity contribution in [3.8, 4) is 11.5 Å². The summed E-state index contributed by atoms with van der Waals surface area (Å²) in [6.07, 6.45) is 0.694. The van der Waals surface area contributed by atoms with Crippen molar-refractivity contribution < 1.29 is 14.3 Å². The second-order valence-corrected chi connectivity index (χ2v) is 5.91. The van der Waals surface area contributed by atoms with Crippen molar-refractivity contribution >= 4 is 11.7 Å². The number of fused-ring (bicyclic) bond motifs is 1. The number of nitrogens with one attached hydrogen (secondary N) is 1. The zero-order valence-electron chi connectivity index (χ0n) is 14.0. The van der Waals surface area contributed by atoms with Crippen molar-refractivity contribution in [2.75, 3.05) is 19.0 Å². The second-order valence-electron chi connectivity index (χ2n) is 5.91. The lowest BCUT2D eigenvalue weighted by molar-refractivity contribution is -0.133. The van der Waals surface area contributed by atoms with Gasteiger partial charge in [-0.25, -0.2) is 4.98 Å². The van der Waals surface area contributed by atoms with Gasteiger partial charge in [0, 0.05) is 32.4 Å². The summed E-state index contributed by atoms with van der Waals surface area (Å²) in [7, 11) is 3.84. The molecule has 1 aliphatic heterocycles. The van der Waals surface area contributed by atoms with E-state index in [1.54, 1.807) is 12.3 Å². The summed E-state index contributed by atoms with van der Waals surface area (Å²) < 4.78 is 11.6. The molecule has 2 heterocycles. The highest BCUT2D eigenvalue weighted by Gasteiger charge is 2.33. The van der Waals surface area contributed by atoms with Crippen LogP contribution in [-0.2, 0) is 11.3 Å². The van der Waals surface area contributed by atoms with E-state index in [-0.39, 0.29) is 12.0 Å². The number of pyridine rings is 1. The first-order valence-corrected chi connectivity index (χ1v) is 7.87. The molecule has 3 rings (SSSR count). The maximum absolute atomic E-state index is 12.5. The number of amides is 1. The minimum atomic E-state index is -0.681. The van der Waals surface area contributed by atoms with E-state index in [0.717, 1.165) is 11.4 Å². The quantitative estimate of drug-likeness (QED) is 0.930. The van der Waals surface area contributed by atoms with Gasteiger partial charge in [0.1, 0.15) is 11.9 Å². The van der Waals surface area contributed by atoms with Gasteiger partial charge >= 0.3 is 0 Å². The molecule has 0 spiro atoms. The standard InChI is InChI=1S/C18H21N3O3/c1-12-16(24-15-9-5-4-8-14(15)23-12)18(22)20-11-13-7-6-10-19-17(13)21(2)3/h4-10,12,16H,11H2,1-3H3,(H,20,22)/t12-,16+/m1/s1. The van der Waals surface area contributed by atoms with Crippen LogP contribution in [0.25, 0.3) is 0 Å². The van der Waals surface area contributed by atoms with Crippen LogP contribution in [0.3, 0.4) is 0 Å². The number of benzene rings is 1. The molecule has 126 valence electrons. The molecule has 0 bridgehead atoms. The minimum Gasteiger partial charge on any atom is -0.482 e. The number of nitrogens with zero attached hydrogens (tertiary/aromatic N) is 2. The molecular weight excluding hydrogens is 306 g/mol. The zero-order valence-corrected chi connectivity index (χ0v) is 14.0. The van der Waals surface area contributed by atoms with Crippen LogP contribution in [0.5, 0.6) is 11.5 Å². The summed E-state index contributed by atoms with van der Waals surface area (Å²) in [4.78, 5) is 18.8. The van der Waals surface area contributed by atoms with Crippen LogP contribution >= 0.6 is 0 Å². The van der Waals surface area contributed by atoms with E-state index in [1.165, 1.54) is 0 Å². The lowest BCUT2D eigenvalue weighted by Crippen LogP contribution is -2.48. The fourth-order valence-electron chi connectivity index (χ4n) is 2.66. The van der Waals surface area contributed by atoms with Gasteiger partial charge in [-0.15, -0.1) is 0 Å². The van der Waals surface area contributed by atoms with Gasteiger partial charge in [0.15, 0.2) is 11.5 Å². The highest BCUT2D eigenvalue weighted by molar-refractivity contribution is 5.82. The minimum absolute atomic E-state index is 0.203. The highest BCUT2D eigenvalue weighted by Crippen LogP contribution is 2.33. The van der Waals surface area contributed by atoms with Crippen molar-refractivity contribution in [1.29, 1.82) is 0 Å². The van der Waals surface area contributed by atoms with Gasteiger partial charge in [-0.1, -0.05) is 18.2 Å². The summed E-state index contributed by atoms with van der Waals surface area (Å²) in [5, 5.41) is 2.91. The Labute approximate surface area is 141 Å². The summed E-state index contributed by atoms with van der Waals surface area (Å²) >= 11 is 0. The van der Waals surface area contributed by atoms with Crippen LogP contribution in [0.15, 0.2) is 42.6 Å². The van der Waals surface area contributed by atoms with Gasteiger partial charge in [-0.05, 0) is 25.1 Å². The Morgan fingerprint density at radius 1 is 1.17 bits per heavy atom. The Kier molecular flexibility index (Phi) is 4.55. The number of hydrogen-bond donors (Lipinski definition) is 1. The molecule has 0 radical (unpaired) electrons.